The molecule has 0 bridgehead atoms. The van der Waals surface area contributed by atoms with Gasteiger partial charge in [0.2, 0.25) is 5.91 Å². The summed E-state index contributed by atoms with van der Waals surface area (Å²) in [4.78, 5) is 12.0. The van der Waals surface area contributed by atoms with Gasteiger partial charge in [0.25, 0.3) is 0 Å². The third kappa shape index (κ3) is 5.62. The SMILES string of the molecule is CCCOc1ccc(/C=C/C(=O)N[C@@H](C)c2ccccc2)cc1. The molecule has 1 amide bonds. The fourth-order valence-corrected chi connectivity index (χ4v) is 2.15. The number of benzene rings is 2. The first-order valence-electron chi connectivity index (χ1n) is 7.95. The van der Waals surface area contributed by atoms with E-state index in [1.807, 2.05) is 61.5 Å². The average molecular weight is 309 g/mol. The molecule has 0 saturated heterocycles. The standard InChI is InChI=1S/C20H23NO2/c1-3-15-23-19-12-9-17(10-13-19)11-14-20(22)21-16(2)18-7-5-4-6-8-18/h4-14,16H,3,15H2,1-2H3,(H,21,22)/b14-11+/t16-/m0/s1. The van der Waals surface area contributed by atoms with E-state index in [9.17, 15) is 4.79 Å². The Bertz CT molecular complexity index is 632. The third-order valence-electron chi connectivity index (χ3n) is 3.44. The molecule has 2 aromatic rings. The van der Waals surface area contributed by atoms with Gasteiger partial charge in [0.05, 0.1) is 12.6 Å². The maximum atomic E-state index is 12.0. The van der Waals surface area contributed by atoms with Crippen LogP contribution in [0.25, 0.3) is 6.08 Å². The van der Waals surface area contributed by atoms with Crippen LogP contribution in [0.5, 0.6) is 5.75 Å². The van der Waals surface area contributed by atoms with Crippen molar-refractivity contribution < 1.29 is 9.53 Å². The first-order valence-corrected chi connectivity index (χ1v) is 7.95. The predicted octanol–water partition coefficient (Wildman–Crippen LogP) is 4.37. The van der Waals surface area contributed by atoms with Crippen molar-refractivity contribution in [3.05, 3.63) is 71.8 Å². The molecule has 0 heterocycles. The lowest BCUT2D eigenvalue weighted by Crippen LogP contribution is -2.24. The van der Waals surface area contributed by atoms with Crippen molar-refractivity contribution in [3.63, 3.8) is 0 Å². The zero-order chi connectivity index (χ0) is 16.5. The van der Waals surface area contributed by atoms with E-state index in [1.54, 1.807) is 12.2 Å². The lowest BCUT2D eigenvalue weighted by atomic mass is 10.1. The Labute approximate surface area is 138 Å². The van der Waals surface area contributed by atoms with Gasteiger partial charge in [-0.05, 0) is 42.7 Å². The molecule has 2 aromatic carbocycles. The van der Waals surface area contributed by atoms with E-state index in [2.05, 4.69) is 12.2 Å². The third-order valence-corrected chi connectivity index (χ3v) is 3.44. The number of hydrogen-bond acceptors (Lipinski definition) is 2. The van der Waals surface area contributed by atoms with Crippen LogP contribution in [0.1, 0.15) is 37.4 Å². The summed E-state index contributed by atoms with van der Waals surface area (Å²) in [6, 6.07) is 17.6. The maximum Gasteiger partial charge on any atom is 0.244 e. The van der Waals surface area contributed by atoms with Gasteiger partial charge in [-0.15, -0.1) is 0 Å². The first-order chi connectivity index (χ1) is 11.2. The molecular weight excluding hydrogens is 286 g/mol. The fraction of sp³-hybridized carbons (Fsp3) is 0.250. The second-order valence-corrected chi connectivity index (χ2v) is 5.39. The zero-order valence-electron chi connectivity index (χ0n) is 13.7. The van der Waals surface area contributed by atoms with Crippen molar-refractivity contribution in [2.24, 2.45) is 0 Å². The summed E-state index contributed by atoms with van der Waals surface area (Å²) in [6.07, 6.45) is 4.35. The molecule has 0 fully saturated rings. The molecule has 23 heavy (non-hydrogen) atoms. The second kappa shape index (κ2) is 8.79. The molecule has 0 aliphatic carbocycles. The number of amides is 1. The molecule has 2 rings (SSSR count). The van der Waals surface area contributed by atoms with Crippen molar-refractivity contribution in [1.29, 1.82) is 0 Å². The Morgan fingerprint density at radius 3 is 2.48 bits per heavy atom. The highest BCUT2D eigenvalue weighted by molar-refractivity contribution is 5.91. The normalized spacial score (nSPS) is 12.1. The molecule has 0 aromatic heterocycles. The van der Waals surface area contributed by atoms with E-state index in [0.717, 1.165) is 29.9 Å². The topological polar surface area (TPSA) is 38.3 Å². The highest BCUT2D eigenvalue weighted by Gasteiger charge is 2.06. The molecule has 1 N–H and O–H groups in total. The monoisotopic (exact) mass is 309 g/mol. The van der Waals surface area contributed by atoms with Crippen LogP contribution < -0.4 is 10.1 Å². The van der Waals surface area contributed by atoms with Crippen LogP contribution in [0.15, 0.2) is 60.7 Å². The molecule has 0 aliphatic rings. The smallest absolute Gasteiger partial charge is 0.244 e. The molecule has 0 saturated carbocycles. The van der Waals surface area contributed by atoms with Crippen molar-refractivity contribution in [3.8, 4) is 5.75 Å². The Kier molecular flexibility index (Phi) is 6.42. The molecule has 0 radical (unpaired) electrons. The van der Waals surface area contributed by atoms with Crippen LogP contribution in [0.4, 0.5) is 0 Å². The molecule has 0 unspecified atom stereocenters. The fourth-order valence-electron chi connectivity index (χ4n) is 2.15. The summed E-state index contributed by atoms with van der Waals surface area (Å²) < 4.78 is 5.53. The number of rotatable bonds is 7. The van der Waals surface area contributed by atoms with Gasteiger partial charge in [-0.2, -0.15) is 0 Å². The van der Waals surface area contributed by atoms with Crippen molar-refractivity contribution in [2.45, 2.75) is 26.3 Å². The van der Waals surface area contributed by atoms with Crippen LogP contribution in [0, 0.1) is 0 Å². The van der Waals surface area contributed by atoms with Crippen molar-refractivity contribution in [2.75, 3.05) is 6.61 Å². The summed E-state index contributed by atoms with van der Waals surface area (Å²) >= 11 is 0. The second-order valence-electron chi connectivity index (χ2n) is 5.39. The number of carbonyl (C=O) groups excluding carboxylic acids is 1. The largest absolute Gasteiger partial charge is 0.494 e. The Morgan fingerprint density at radius 1 is 1.13 bits per heavy atom. The van der Waals surface area contributed by atoms with E-state index in [-0.39, 0.29) is 11.9 Å². The van der Waals surface area contributed by atoms with Crippen LogP contribution in [-0.2, 0) is 4.79 Å². The number of hydrogen-bond donors (Lipinski definition) is 1. The van der Waals surface area contributed by atoms with Crippen LogP contribution in [-0.4, -0.2) is 12.5 Å². The minimum absolute atomic E-state index is 0.0156. The lowest BCUT2D eigenvalue weighted by Gasteiger charge is -2.12. The molecule has 3 heteroatoms. The van der Waals surface area contributed by atoms with Gasteiger partial charge < -0.3 is 10.1 Å². The van der Waals surface area contributed by atoms with E-state index < -0.39 is 0 Å². The predicted molar refractivity (Wildman–Crippen MR) is 94.3 cm³/mol. The van der Waals surface area contributed by atoms with Gasteiger partial charge in [0, 0.05) is 6.08 Å². The van der Waals surface area contributed by atoms with Crippen LogP contribution in [0.3, 0.4) is 0 Å². The minimum Gasteiger partial charge on any atom is -0.494 e. The van der Waals surface area contributed by atoms with Gasteiger partial charge in [0.15, 0.2) is 0 Å². The maximum absolute atomic E-state index is 12.0. The molecule has 3 nitrogen and oxygen atoms in total. The highest BCUT2D eigenvalue weighted by atomic mass is 16.5. The Morgan fingerprint density at radius 2 is 1.83 bits per heavy atom. The summed E-state index contributed by atoms with van der Waals surface area (Å²) in [6.45, 7) is 4.77. The summed E-state index contributed by atoms with van der Waals surface area (Å²) in [5, 5.41) is 2.96. The van der Waals surface area contributed by atoms with Gasteiger partial charge in [0.1, 0.15) is 5.75 Å². The number of ether oxygens (including phenoxy) is 1. The molecule has 1 atom stereocenters. The molecule has 0 spiro atoms. The Hall–Kier alpha value is -2.55. The van der Waals surface area contributed by atoms with Crippen molar-refractivity contribution >= 4 is 12.0 Å². The molecule has 120 valence electrons. The molecule has 0 aliphatic heterocycles. The first kappa shape index (κ1) is 16.8. The van der Waals surface area contributed by atoms with Crippen molar-refractivity contribution in [1.82, 2.24) is 5.32 Å². The quantitative estimate of drug-likeness (QED) is 0.771. The van der Waals surface area contributed by atoms with Gasteiger partial charge in [-0.1, -0.05) is 49.4 Å². The van der Waals surface area contributed by atoms with Crippen LogP contribution in [0.2, 0.25) is 0 Å². The summed E-state index contributed by atoms with van der Waals surface area (Å²) in [7, 11) is 0. The zero-order valence-corrected chi connectivity index (χ0v) is 13.7. The molecular formula is C20H23NO2. The van der Waals surface area contributed by atoms with Gasteiger partial charge >= 0.3 is 0 Å². The van der Waals surface area contributed by atoms with E-state index in [0.29, 0.717) is 0 Å². The number of carbonyl (C=O) groups is 1. The van der Waals surface area contributed by atoms with Gasteiger partial charge in [-0.3, -0.25) is 4.79 Å². The van der Waals surface area contributed by atoms with Crippen LogP contribution >= 0.6 is 0 Å². The number of nitrogens with one attached hydrogen (secondary N) is 1. The summed E-state index contributed by atoms with van der Waals surface area (Å²) in [5.41, 5.74) is 2.06. The highest BCUT2D eigenvalue weighted by Crippen LogP contribution is 2.14. The van der Waals surface area contributed by atoms with E-state index in [4.69, 9.17) is 4.74 Å². The lowest BCUT2D eigenvalue weighted by molar-refractivity contribution is -0.117. The van der Waals surface area contributed by atoms with Gasteiger partial charge in [-0.25, -0.2) is 0 Å². The average Bonchev–Trinajstić information content (AvgIpc) is 2.59. The van der Waals surface area contributed by atoms with E-state index in [1.165, 1.54) is 0 Å². The summed E-state index contributed by atoms with van der Waals surface area (Å²) in [5.74, 6) is 0.749. The Balaban J connectivity index is 1.88. The minimum atomic E-state index is -0.104. The van der Waals surface area contributed by atoms with E-state index >= 15 is 0 Å².